The Balaban J connectivity index is 1.28. The number of rotatable bonds is 5. The standard InChI is InChI=1S/C24H30N4O6S/c1-17-22-21(16-18-6-5-15-33-34-23(17)18)35(30,31)28(24(29)25-22)14-11-26-9-12-27(13-10-26)19-7-3-4-8-20(19)32-2/h3-4,7-8,16H,5-6,9-15H2,1-2H3,(H,25,29). The smallest absolute Gasteiger partial charge is 0.335 e. The Kier molecular flexibility index (Phi) is 6.47. The number of nitrogens with zero attached hydrogens (tertiary/aromatic N) is 3. The zero-order valence-corrected chi connectivity index (χ0v) is 20.8. The molecule has 5 rings (SSSR count). The molecule has 3 heterocycles. The molecule has 0 bridgehead atoms. The molecule has 3 aliphatic rings. The number of hydrogen-bond donors (Lipinski definition) is 1. The first-order chi connectivity index (χ1) is 16.9. The Labute approximate surface area is 205 Å². The van der Waals surface area contributed by atoms with Gasteiger partial charge in [-0.05, 0) is 38.0 Å². The second-order valence-electron chi connectivity index (χ2n) is 8.88. The van der Waals surface area contributed by atoms with Crippen molar-refractivity contribution in [2.45, 2.75) is 24.7 Å². The van der Waals surface area contributed by atoms with Crippen LogP contribution in [0, 0.1) is 6.92 Å². The zero-order valence-electron chi connectivity index (χ0n) is 20.0. The van der Waals surface area contributed by atoms with Crippen molar-refractivity contribution in [3.63, 3.8) is 0 Å². The highest BCUT2D eigenvalue weighted by Gasteiger charge is 2.39. The third-order valence-electron chi connectivity index (χ3n) is 6.82. The first-order valence-corrected chi connectivity index (χ1v) is 13.2. The van der Waals surface area contributed by atoms with E-state index in [4.69, 9.17) is 14.5 Å². The minimum absolute atomic E-state index is 0.0814. The molecule has 0 aliphatic carbocycles. The van der Waals surface area contributed by atoms with Crippen molar-refractivity contribution in [2.75, 3.05) is 63.2 Å². The van der Waals surface area contributed by atoms with Gasteiger partial charge in [0.15, 0.2) is 5.75 Å². The summed E-state index contributed by atoms with van der Waals surface area (Å²) in [4.78, 5) is 28.0. The van der Waals surface area contributed by atoms with Crippen LogP contribution in [-0.2, 0) is 21.3 Å². The number of sulfonamides is 1. The van der Waals surface area contributed by atoms with Crippen molar-refractivity contribution in [2.24, 2.45) is 0 Å². The molecule has 0 aromatic heterocycles. The summed E-state index contributed by atoms with van der Waals surface area (Å²) in [6.45, 7) is 5.79. The monoisotopic (exact) mass is 502 g/mol. The third-order valence-corrected chi connectivity index (χ3v) is 8.63. The van der Waals surface area contributed by atoms with Gasteiger partial charge >= 0.3 is 6.03 Å². The molecule has 0 saturated carbocycles. The highest BCUT2D eigenvalue weighted by Crippen LogP contribution is 2.41. The van der Waals surface area contributed by atoms with Crippen LogP contribution in [0.15, 0.2) is 35.2 Å². The number of piperazine rings is 1. The molecule has 10 nitrogen and oxygen atoms in total. The summed E-state index contributed by atoms with van der Waals surface area (Å²) in [5, 5.41) is 2.76. The number of nitrogens with one attached hydrogen (secondary N) is 1. The molecule has 0 unspecified atom stereocenters. The van der Waals surface area contributed by atoms with E-state index < -0.39 is 16.1 Å². The Morgan fingerprint density at radius 3 is 2.66 bits per heavy atom. The maximum absolute atomic E-state index is 13.5. The van der Waals surface area contributed by atoms with Crippen LogP contribution in [0.25, 0.3) is 0 Å². The molecule has 0 radical (unpaired) electrons. The first kappa shape index (κ1) is 23.7. The summed E-state index contributed by atoms with van der Waals surface area (Å²) in [6, 6.07) is 8.88. The maximum Gasteiger partial charge on any atom is 0.335 e. The lowest BCUT2D eigenvalue weighted by atomic mass is 10.0. The molecule has 0 spiro atoms. The van der Waals surface area contributed by atoms with Crippen molar-refractivity contribution in [1.82, 2.24) is 9.21 Å². The summed E-state index contributed by atoms with van der Waals surface area (Å²) in [5.41, 5.74) is 2.64. The lowest BCUT2D eigenvalue weighted by molar-refractivity contribution is -0.204. The van der Waals surface area contributed by atoms with Gasteiger partial charge in [-0.25, -0.2) is 17.5 Å². The van der Waals surface area contributed by atoms with Crippen LogP contribution in [0.1, 0.15) is 17.5 Å². The summed E-state index contributed by atoms with van der Waals surface area (Å²) >= 11 is 0. The normalized spacial score (nSPS) is 19.8. The number of carbonyl (C=O) groups excluding carboxylic acids is 1. The van der Waals surface area contributed by atoms with E-state index in [0.29, 0.717) is 30.9 Å². The molecular formula is C24H30N4O6S. The van der Waals surface area contributed by atoms with Gasteiger partial charge in [0, 0.05) is 43.9 Å². The van der Waals surface area contributed by atoms with E-state index in [1.807, 2.05) is 24.3 Å². The number of benzene rings is 2. The zero-order chi connectivity index (χ0) is 24.6. The van der Waals surface area contributed by atoms with Crippen LogP contribution in [0.2, 0.25) is 0 Å². The van der Waals surface area contributed by atoms with E-state index in [9.17, 15) is 13.2 Å². The van der Waals surface area contributed by atoms with Crippen LogP contribution < -0.4 is 19.8 Å². The van der Waals surface area contributed by atoms with Crippen molar-refractivity contribution in [1.29, 1.82) is 0 Å². The van der Waals surface area contributed by atoms with Crippen LogP contribution in [-0.4, -0.2) is 76.6 Å². The predicted octanol–water partition coefficient (Wildman–Crippen LogP) is 2.62. The van der Waals surface area contributed by atoms with Gasteiger partial charge in [0.2, 0.25) is 0 Å². The van der Waals surface area contributed by atoms with Crippen molar-refractivity contribution >= 4 is 27.4 Å². The second kappa shape index (κ2) is 9.56. The minimum atomic E-state index is -3.99. The Morgan fingerprint density at radius 2 is 1.89 bits per heavy atom. The predicted molar refractivity (Wildman–Crippen MR) is 131 cm³/mol. The molecule has 35 heavy (non-hydrogen) atoms. The average molecular weight is 503 g/mol. The van der Waals surface area contributed by atoms with Crippen molar-refractivity contribution in [3.05, 3.63) is 41.5 Å². The van der Waals surface area contributed by atoms with Gasteiger partial charge in [-0.1, -0.05) is 12.1 Å². The molecule has 1 N–H and O–H groups in total. The quantitative estimate of drug-likeness (QED) is 0.623. The molecule has 2 amide bonds. The number of urea groups is 1. The molecule has 2 aromatic rings. The molecule has 1 fully saturated rings. The summed E-state index contributed by atoms with van der Waals surface area (Å²) in [5.74, 6) is 1.32. The summed E-state index contributed by atoms with van der Waals surface area (Å²) in [6.07, 6.45) is 1.37. The second-order valence-corrected chi connectivity index (χ2v) is 10.7. The van der Waals surface area contributed by atoms with Crippen LogP contribution >= 0.6 is 0 Å². The molecule has 3 aliphatic heterocycles. The van der Waals surface area contributed by atoms with Crippen LogP contribution in [0.4, 0.5) is 16.2 Å². The van der Waals surface area contributed by atoms with Crippen molar-refractivity contribution < 1.29 is 27.7 Å². The Morgan fingerprint density at radius 1 is 1.11 bits per heavy atom. The molecule has 0 atom stereocenters. The summed E-state index contributed by atoms with van der Waals surface area (Å²) < 4.78 is 33.4. The lowest BCUT2D eigenvalue weighted by Gasteiger charge is -2.38. The van der Waals surface area contributed by atoms with E-state index in [0.717, 1.165) is 53.9 Å². The average Bonchev–Trinajstić information content (AvgIpc) is 3.11. The SMILES string of the molecule is COc1ccccc1N1CCN(CCN2C(=O)Nc3c(cc4c(c3C)OOCCC4)S2(=O)=O)CC1. The molecular weight excluding hydrogens is 472 g/mol. The third kappa shape index (κ3) is 4.39. The summed E-state index contributed by atoms with van der Waals surface area (Å²) in [7, 11) is -2.33. The molecule has 11 heteroatoms. The molecule has 2 aromatic carbocycles. The van der Waals surface area contributed by atoms with Gasteiger partial charge in [-0.3, -0.25) is 4.90 Å². The van der Waals surface area contributed by atoms with E-state index in [-0.39, 0.29) is 17.1 Å². The number of amides is 2. The van der Waals surface area contributed by atoms with Crippen LogP contribution in [0.5, 0.6) is 11.5 Å². The van der Waals surface area contributed by atoms with E-state index in [1.54, 1.807) is 20.1 Å². The van der Waals surface area contributed by atoms with Crippen molar-refractivity contribution in [3.8, 4) is 11.5 Å². The number of methoxy groups -OCH3 is 1. The number of aryl methyl sites for hydroxylation is 1. The highest BCUT2D eigenvalue weighted by molar-refractivity contribution is 7.90. The number of fused-ring (bicyclic) bond motifs is 2. The Hall–Kier alpha value is -3.02. The number of carbonyl (C=O) groups is 1. The number of para-hydroxylation sites is 2. The fourth-order valence-corrected chi connectivity index (χ4v) is 6.45. The van der Waals surface area contributed by atoms with Gasteiger partial charge in [0.1, 0.15) is 10.6 Å². The van der Waals surface area contributed by atoms with Gasteiger partial charge < -0.3 is 19.8 Å². The fraction of sp³-hybridized carbons (Fsp3) is 0.458. The van der Waals surface area contributed by atoms with Gasteiger partial charge in [-0.2, -0.15) is 4.89 Å². The topological polar surface area (TPSA) is 101 Å². The maximum atomic E-state index is 13.5. The van der Waals surface area contributed by atoms with Gasteiger partial charge in [-0.15, -0.1) is 0 Å². The number of anilines is 2. The fourth-order valence-electron chi connectivity index (χ4n) is 4.87. The molecule has 1 saturated heterocycles. The van der Waals surface area contributed by atoms with Gasteiger partial charge in [0.05, 0.1) is 31.6 Å². The highest BCUT2D eigenvalue weighted by atomic mass is 32.2. The number of hydrogen-bond acceptors (Lipinski definition) is 8. The lowest BCUT2D eigenvalue weighted by Crippen LogP contribution is -2.51. The molecule has 188 valence electrons. The largest absolute Gasteiger partial charge is 0.495 e. The van der Waals surface area contributed by atoms with Gasteiger partial charge in [0.25, 0.3) is 10.0 Å². The first-order valence-electron chi connectivity index (χ1n) is 11.8. The number of ether oxygens (including phenoxy) is 1. The minimum Gasteiger partial charge on any atom is -0.495 e. The van der Waals surface area contributed by atoms with E-state index in [2.05, 4.69) is 15.1 Å². The Bertz CT molecular complexity index is 1230. The van der Waals surface area contributed by atoms with E-state index >= 15 is 0 Å². The van der Waals surface area contributed by atoms with E-state index in [1.165, 1.54) is 0 Å². The van der Waals surface area contributed by atoms with Crippen LogP contribution in [0.3, 0.4) is 0 Å².